The third-order valence-electron chi connectivity index (χ3n) is 4.73. The van der Waals surface area contributed by atoms with E-state index in [1.54, 1.807) is 0 Å². The van der Waals surface area contributed by atoms with Crippen LogP contribution in [0.4, 0.5) is 5.69 Å². The molecule has 0 heterocycles. The van der Waals surface area contributed by atoms with E-state index in [4.69, 9.17) is 0 Å². The van der Waals surface area contributed by atoms with Crippen LogP contribution in [0.3, 0.4) is 0 Å². The van der Waals surface area contributed by atoms with E-state index >= 15 is 0 Å². The summed E-state index contributed by atoms with van der Waals surface area (Å²) in [6.45, 7) is 8.97. The van der Waals surface area contributed by atoms with Gasteiger partial charge in [0, 0.05) is 11.6 Å². The van der Waals surface area contributed by atoms with Crippen molar-refractivity contribution in [2.24, 2.45) is 17.3 Å². The van der Waals surface area contributed by atoms with Gasteiger partial charge in [0.2, 0.25) is 5.91 Å². The predicted molar refractivity (Wildman–Crippen MR) is 84.7 cm³/mol. The van der Waals surface area contributed by atoms with Crippen molar-refractivity contribution in [3.63, 3.8) is 0 Å². The highest BCUT2D eigenvalue weighted by Crippen LogP contribution is 2.40. The average Bonchev–Trinajstić information content (AvgIpc) is 2.40. The van der Waals surface area contributed by atoms with E-state index in [9.17, 15) is 4.79 Å². The zero-order valence-electron chi connectivity index (χ0n) is 13.2. The Balaban J connectivity index is 1.91. The molecular weight excluding hydrogens is 246 g/mol. The normalized spacial score (nSPS) is 23.4. The first-order valence-corrected chi connectivity index (χ1v) is 7.74. The van der Waals surface area contributed by atoms with Gasteiger partial charge < -0.3 is 5.32 Å². The van der Waals surface area contributed by atoms with Crippen LogP contribution in [0.2, 0.25) is 0 Å². The fourth-order valence-corrected chi connectivity index (χ4v) is 3.17. The van der Waals surface area contributed by atoms with E-state index in [0.29, 0.717) is 5.41 Å². The van der Waals surface area contributed by atoms with Gasteiger partial charge in [-0.1, -0.05) is 39.0 Å². The maximum absolute atomic E-state index is 12.4. The quantitative estimate of drug-likeness (QED) is 0.825. The lowest BCUT2D eigenvalue weighted by Gasteiger charge is -2.36. The van der Waals surface area contributed by atoms with Crippen LogP contribution in [-0.4, -0.2) is 5.91 Å². The summed E-state index contributed by atoms with van der Waals surface area (Å²) in [5.41, 5.74) is 2.46. The molecule has 0 unspecified atom stereocenters. The molecule has 1 saturated carbocycles. The smallest absolute Gasteiger partial charge is 0.227 e. The van der Waals surface area contributed by atoms with Crippen molar-refractivity contribution in [1.82, 2.24) is 0 Å². The highest BCUT2D eigenvalue weighted by molar-refractivity contribution is 5.93. The van der Waals surface area contributed by atoms with E-state index in [1.807, 2.05) is 31.2 Å². The molecule has 0 bridgehead atoms. The molecule has 110 valence electrons. The van der Waals surface area contributed by atoms with Crippen LogP contribution in [0.25, 0.3) is 0 Å². The number of carbonyl (C=O) groups is 1. The van der Waals surface area contributed by atoms with Gasteiger partial charge in [0.25, 0.3) is 0 Å². The summed E-state index contributed by atoms with van der Waals surface area (Å²) in [6.07, 6.45) is 4.41. The summed E-state index contributed by atoms with van der Waals surface area (Å²) < 4.78 is 0. The minimum absolute atomic E-state index is 0.188. The van der Waals surface area contributed by atoms with Crippen molar-refractivity contribution in [2.45, 2.75) is 53.4 Å². The summed E-state index contributed by atoms with van der Waals surface area (Å²) in [7, 11) is 0. The number of hydrogen-bond acceptors (Lipinski definition) is 1. The Morgan fingerprint density at radius 3 is 2.25 bits per heavy atom. The second kappa shape index (κ2) is 5.99. The van der Waals surface area contributed by atoms with E-state index in [1.165, 1.54) is 12.8 Å². The number of benzene rings is 1. The molecule has 1 aromatic carbocycles. The number of rotatable bonds is 2. The fraction of sp³-hybridized carbons (Fsp3) is 0.611. The molecule has 0 aliphatic heterocycles. The third kappa shape index (κ3) is 3.62. The lowest BCUT2D eigenvalue weighted by molar-refractivity contribution is -0.121. The first-order chi connectivity index (χ1) is 9.38. The number of aryl methyl sites for hydroxylation is 1. The van der Waals surface area contributed by atoms with Crippen LogP contribution in [0, 0.1) is 24.2 Å². The number of anilines is 1. The van der Waals surface area contributed by atoms with Gasteiger partial charge in [0.1, 0.15) is 0 Å². The first kappa shape index (κ1) is 15.1. The fourth-order valence-electron chi connectivity index (χ4n) is 3.17. The van der Waals surface area contributed by atoms with Crippen molar-refractivity contribution in [3.8, 4) is 0 Å². The Kier molecular flexibility index (Phi) is 4.52. The lowest BCUT2D eigenvalue weighted by atomic mass is 9.69. The standard InChI is InChI=1S/C18H27NO/c1-13-7-5-6-8-16(13)19-17(20)14-9-11-15(12-10-14)18(2,3)4/h5-8,14-15H,9-12H2,1-4H3,(H,19,20). The molecule has 0 spiro atoms. The third-order valence-corrected chi connectivity index (χ3v) is 4.73. The molecule has 0 saturated heterocycles. The zero-order valence-corrected chi connectivity index (χ0v) is 13.2. The van der Waals surface area contributed by atoms with Crippen molar-refractivity contribution in [2.75, 3.05) is 5.32 Å². The van der Waals surface area contributed by atoms with Crippen molar-refractivity contribution in [1.29, 1.82) is 0 Å². The Labute approximate surface area is 123 Å². The summed E-state index contributed by atoms with van der Waals surface area (Å²) in [5.74, 6) is 1.14. The number of carbonyl (C=O) groups excluding carboxylic acids is 1. The molecule has 2 rings (SSSR count). The van der Waals surface area contributed by atoms with E-state index in [-0.39, 0.29) is 11.8 Å². The van der Waals surface area contributed by atoms with Crippen LogP contribution in [0.15, 0.2) is 24.3 Å². The number of hydrogen-bond donors (Lipinski definition) is 1. The highest BCUT2D eigenvalue weighted by Gasteiger charge is 2.32. The molecule has 0 aromatic heterocycles. The van der Waals surface area contributed by atoms with Gasteiger partial charge in [0.05, 0.1) is 0 Å². The van der Waals surface area contributed by atoms with Gasteiger partial charge in [0.15, 0.2) is 0 Å². The Hall–Kier alpha value is -1.31. The van der Waals surface area contributed by atoms with E-state index in [2.05, 4.69) is 26.1 Å². The van der Waals surface area contributed by atoms with Gasteiger partial charge in [-0.15, -0.1) is 0 Å². The molecule has 20 heavy (non-hydrogen) atoms. The average molecular weight is 273 g/mol. The van der Waals surface area contributed by atoms with Gasteiger partial charge in [-0.05, 0) is 55.6 Å². The molecule has 1 N–H and O–H groups in total. The second-order valence-electron chi connectivity index (χ2n) is 7.22. The SMILES string of the molecule is Cc1ccccc1NC(=O)C1CCC(C(C)(C)C)CC1. The molecule has 2 nitrogen and oxygen atoms in total. The van der Waals surface area contributed by atoms with Crippen LogP contribution >= 0.6 is 0 Å². The molecule has 1 aliphatic carbocycles. The predicted octanol–water partition coefficient (Wildman–Crippen LogP) is 4.79. The number of amides is 1. The number of nitrogens with one attached hydrogen (secondary N) is 1. The van der Waals surface area contributed by atoms with Gasteiger partial charge in [-0.25, -0.2) is 0 Å². The van der Waals surface area contributed by atoms with Crippen LogP contribution in [0.1, 0.15) is 52.0 Å². The van der Waals surface area contributed by atoms with E-state index in [0.717, 1.165) is 30.0 Å². The Bertz CT molecular complexity index is 465. The molecule has 1 fully saturated rings. The Morgan fingerprint density at radius 2 is 1.70 bits per heavy atom. The van der Waals surface area contributed by atoms with Crippen molar-refractivity contribution >= 4 is 11.6 Å². The molecule has 1 amide bonds. The largest absolute Gasteiger partial charge is 0.326 e. The monoisotopic (exact) mass is 273 g/mol. The molecule has 2 heteroatoms. The maximum Gasteiger partial charge on any atom is 0.227 e. The molecular formula is C18H27NO. The van der Waals surface area contributed by atoms with E-state index < -0.39 is 0 Å². The van der Waals surface area contributed by atoms with Crippen molar-refractivity contribution < 1.29 is 4.79 Å². The summed E-state index contributed by atoms with van der Waals surface area (Å²) in [4.78, 5) is 12.4. The van der Waals surface area contributed by atoms with Gasteiger partial charge in [-0.2, -0.15) is 0 Å². The lowest BCUT2D eigenvalue weighted by Crippen LogP contribution is -2.31. The van der Waals surface area contributed by atoms with Gasteiger partial charge >= 0.3 is 0 Å². The molecule has 1 aromatic rings. The molecule has 0 radical (unpaired) electrons. The summed E-state index contributed by atoms with van der Waals surface area (Å²) in [6, 6.07) is 7.98. The zero-order chi connectivity index (χ0) is 14.8. The second-order valence-corrected chi connectivity index (χ2v) is 7.22. The minimum Gasteiger partial charge on any atom is -0.326 e. The summed E-state index contributed by atoms with van der Waals surface area (Å²) >= 11 is 0. The minimum atomic E-state index is 0.188. The highest BCUT2D eigenvalue weighted by atomic mass is 16.1. The summed E-state index contributed by atoms with van der Waals surface area (Å²) in [5, 5.41) is 3.09. The van der Waals surface area contributed by atoms with Crippen LogP contribution in [-0.2, 0) is 4.79 Å². The first-order valence-electron chi connectivity index (χ1n) is 7.74. The molecule has 1 aliphatic rings. The van der Waals surface area contributed by atoms with Crippen LogP contribution in [0.5, 0.6) is 0 Å². The van der Waals surface area contributed by atoms with Crippen LogP contribution < -0.4 is 5.32 Å². The topological polar surface area (TPSA) is 29.1 Å². The van der Waals surface area contributed by atoms with Gasteiger partial charge in [-0.3, -0.25) is 4.79 Å². The molecule has 0 atom stereocenters. The maximum atomic E-state index is 12.4. The van der Waals surface area contributed by atoms with Crippen molar-refractivity contribution in [3.05, 3.63) is 29.8 Å². The number of para-hydroxylation sites is 1. The Morgan fingerprint density at radius 1 is 1.10 bits per heavy atom.